The van der Waals surface area contributed by atoms with Gasteiger partial charge in [-0.1, -0.05) is 54.1 Å². The van der Waals surface area contributed by atoms with E-state index in [4.69, 9.17) is 20.8 Å². The predicted molar refractivity (Wildman–Crippen MR) is 104 cm³/mol. The van der Waals surface area contributed by atoms with E-state index < -0.39 is 0 Å². The molecule has 26 heavy (non-hydrogen) atoms. The minimum Gasteiger partial charge on any atom is -0.489 e. The Morgan fingerprint density at radius 3 is 2.42 bits per heavy atom. The Hall–Kier alpha value is -3.04. The van der Waals surface area contributed by atoms with Crippen LogP contribution in [0.5, 0.6) is 5.75 Å². The average molecular weight is 363 g/mol. The largest absolute Gasteiger partial charge is 0.489 e. The first-order valence-electron chi connectivity index (χ1n) is 8.20. The molecule has 0 bridgehead atoms. The molecule has 0 radical (unpaired) electrons. The molecule has 0 aliphatic rings. The molecule has 4 rings (SSSR count). The highest BCUT2D eigenvalue weighted by Gasteiger charge is 2.09. The summed E-state index contributed by atoms with van der Waals surface area (Å²) in [6, 6.07) is 24.3. The van der Waals surface area contributed by atoms with Crippen molar-refractivity contribution in [2.45, 2.75) is 6.61 Å². The molecule has 3 aromatic carbocycles. The van der Waals surface area contributed by atoms with Gasteiger partial charge in [0.2, 0.25) is 0 Å². The first-order valence-corrected chi connectivity index (χ1v) is 8.57. The fourth-order valence-electron chi connectivity index (χ4n) is 2.75. The van der Waals surface area contributed by atoms with Crippen molar-refractivity contribution in [2.24, 2.45) is 0 Å². The fourth-order valence-corrected chi connectivity index (χ4v) is 2.88. The van der Waals surface area contributed by atoms with Crippen LogP contribution in [-0.2, 0) is 6.61 Å². The molecule has 4 heteroatoms. The van der Waals surface area contributed by atoms with Gasteiger partial charge in [-0.25, -0.2) is 4.79 Å². The van der Waals surface area contributed by atoms with Gasteiger partial charge in [0, 0.05) is 16.5 Å². The van der Waals surface area contributed by atoms with E-state index in [1.807, 2.05) is 48.5 Å². The Morgan fingerprint density at radius 2 is 1.65 bits per heavy atom. The highest BCUT2D eigenvalue weighted by molar-refractivity contribution is 6.30. The van der Waals surface area contributed by atoms with Crippen molar-refractivity contribution in [2.75, 3.05) is 0 Å². The van der Waals surface area contributed by atoms with E-state index in [2.05, 4.69) is 0 Å². The topological polar surface area (TPSA) is 39.4 Å². The minimum atomic E-state index is -0.389. The number of benzene rings is 3. The van der Waals surface area contributed by atoms with E-state index in [1.165, 1.54) is 0 Å². The number of halogens is 1. The number of fused-ring (bicyclic) bond motifs is 1. The first kappa shape index (κ1) is 16.4. The molecule has 0 saturated heterocycles. The molecule has 0 aliphatic heterocycles. The molecule has 0 atom stereocenters. The third-order valence-corrected chi connectivity index (χ3v) is 4.36. The molecule has 0 amide bonds. The molecule has 0 N–H and O–H groups in total. The van der Waals surface area contributed by atoms with Gasteiger partial charge in [-0.15, -0.1) is 0 Å². The van der Waals surface area contributed by atoms with Crippen LogP contribution in [0.1, 0.15) is 5.56 Å². The molecular formula is C22H15ClO3. The lowest BCUT2D eigenvalue weighted by Crippen LogP contribution is -2.02. The predicted octanol–water partition coefficient (Wildman–Crippen LogP) is 5.69. The van der Waals surface area contributed by atoms with E-state index in [9.17, 15) is 4.79 Å². The third kappa shape index (κ3) is 3.48. The summed E-state index contributed by atoms with van der Waals surface area (Å²) in [5, 5.41) is 1.46. The smallest absolute Gasteiger partial charge is 0.344 e. The van der Waals surface area contributed by atoms with Crippen molar-refractivity contribution in [3.63, 3.8) is 0 Å². The van der Waals surface area contributed by atoms with Crippen molar-refractivity contribution in [3.8, 4) is 16.9 Å². The second-order valence-electron chi connectivity index (χ2n) is 5.93. The van der Waals surface area contributed by atoms with Gasteiger partial charge in [0.15, 0.2) is 0 Å². The maximum atomic E-state index is 12.4. The van der Waals surface area contributed by atoms with E-state index >= 15 is 0 Å². The minimum absolute atomic E-state index is 0.389. The Balaban J connectivity index is 1.64. The molecule has 4 aromatic rings. The number of hydrogen-bond donors (Lipinski definition) is 0. The van der Waals surface area contributed by atoms with E-state index in [1.54, 1.807) is 30.3 Å². The first-order chi connectivity index (χ1) is 12.7. The summed E-state index contributed by atoms with van der Waals surface area (Å²) >= 11 is 5.91. The third-order valence-electron chi connectivity index (χ3n) is 4.11. The zero-order chi connectivity index (χ0) is 17.9. The van der Waals surface area contributed by atoms with Crippen LogP contribution in [0.3, 0.4) is 0 Å². The van der Waals surface area contributed by atoms with Crippen molar-refractivity contribution in [1.82, 2.24) is 0 Å². The lowest BCUT2D eigenvalue weighted by Gasteiger charge is -2.08. The Morgan fingerprint density at radius 1 is 0.885 bits per heavy atom. The lowest BCUT2D eigenvalue weighted by molar-refractivity contribution is 0.306. The van der Waals surface area contributed by atoms with Gasteiger partial charge in [0.1, 0.15) is 17.9 Å². The molecule has 0 aliphatic carbocycles. The van der Waals surface area contributed by atoms with Crippen molar-refractivity contribution >= 4 is 22.6 Å². The molecule has 0 fully saturated rings. The van der Waals surface area contributed by atoms with Crippen molar-refractivity contribution in [3.05, 3.63) is 99.9 Å². The molecule has 0 spiro atoms. The molecular weight excluding hydrogens is 348 g/mol. The van der Waals surface area contributed by atoms with Crippen LogP contribution in [0, 0.1) is 0 Å². The van der Waals surface area contributed by atoms with E-state index in [0.717, 1.165) is 16.5 Å². The highest BCUT2D eigenvalue weighted by atomic mass is 35.5. The molecule has 128 valence electrons. The van der Waals surface area contributed by atoms with Crippen LogP contribution < -0.4 is 10.4 Å². The van der Waals surface area contributed by atoms with Crippen LogP contribution in [0.15, 0.2) is 88.1 Å². The van der Waals surface area contributed by atoms with Crippen LogP contribution in [-0.4, -0.2) is 0 Å². The summed E-state index contributed by atoms with van der Waals surface area (Å²) in [7, 11) is 0. The van der Waals surface area contributed by atoms with Crippen LogP contribution in [0.4, 0.5) is 0 Å². The Bertz CT molecular complexity index is 1100. The lowest BCUT2D eigenvalue weighted by atomic mass is 10.1. The van der Waals surface area contributed by atoms with Crippen LogP contribution >= 0.6 is 11.6 Å². The van der Waals surface area contributed by atoms with E-state index in [0.29, 0.717) is 28.5 Å². The van der Waals surface area contributed by atoms with Gasteiger partial charge >= 0.3 is 5.63 Å². The quantitative estimate of drug-likeness (QED) is 0.437. The number of ether oxygens (including phenoxy) is 1. The van der Waals surface area contributed by atoms with Gasteiger partial charge < -0.3 is 9.15 Å². The molecule has 1 aromatic heterocycles. The SMILES string of the molecule is O=c1oc2cc(OCc3ccccc3)ccc2cc1-c1ccc(Cl)cc1. The zero-order valence-electron chi connectivity index (χ0n) is 13.8. The Labute approximate surface area is 155 Å². The summed E-state index contributed by atoms with van der Waals surface area (Å²) in [5.74, 6) is 0.656. The van der Waals surface area contributed by atoms with Crippen LogP contribution in [0.25, 0.3) is 22.1 Å². The second-order valence-corrected chi connectivity index (χ2v) is 6.36. The highest BCUT2D eigenvalue weighted by Crippen LogP contribution is 2.25. The Kier molecular flexibility index (Phi) is 4.46. The molecule has 0 saturated carbocycles. The maximum absolute atomic E-state index is 12.4. The summed E-state index contributed by atoms with van der Waals surface area (Å²) in [6.07, 6.45) is 0. The van der Waals surface area contributed by atoms with Crippen LogP contribution in [0.2, 0.25) is 5.02 Å². The maximum Gasteiger partial charge on any atom is 0.344 e. The zero-order valence-corrected chi connectivity index (χ0v) is 14.6. The summed E-state index contributed by atoms with van der Waals surface area (Å²) in [5.41, 5.74) is 2.46. The molecule has 3 nitrogen and oxygen atoms in total. The number of rotatable bonds is 4. The normalized spacial score (nSPS) is 10.8. The standard InChI is InChI=1S/C22H15ClO3/c23-18-9-6-16(7-10-18)20-12-17-8-11-19(13-21(17)26-22(20)24)25-14-15-4-2-1-3-5-15/h1-13H,14H2. The van der Waals surface area contributed by atoms with Gasteiger partial charge in [-0.3, -0.25) is 0 Å². The molecule has 1 heterocycles. The average Bonchev–Trinajstić information content (AvgIpc) is 2.67. The molecule has 0 unspecified atom stereocenters. The second kappa shape index (κ2) is 7.06. The summed E-state index contributed by atoms with van der Waals surface area (Å²) in [4.78, 5) is 12.4. The van der Waals surface area contributed by atoms with Gasteiger partial charge in [0.05, 0.1) is 5.56 Å². The number of hydrogen-bond acceptors (Lipinski definition) is 3. The van der Waals surface area contributed by atoms with E-state index in [-0.39, 0.29) is 5.63 Å². The summed E-state index contributed by atoms with van der Waals surface area (Å²) < 4.78 is 11.3. The van der Waals surface area contributed by atoms with Gasteiger partial charge in [-0.2, -0.15) is 0 Å². The monoisotopic (exact) mass is 362 g/mol. The van der Waals surface area contributed by atoms with Gasteiger partial charge in [0.25, 0.3) is 0 Å². The summed E-state index contributed by atoms with van der Waals surface area (Å²) in [6.45, 7) is 0.458. The van der Waals surface area contributed by atoms with Crippen molar-refractivity contribution in [1.29, 1.82) is 0 Å². The van der Waals surface area contributed by atoms with Gasteiger partial charge in [-0.05, 0) is 41.5 Å². The fraction of sp³-hybridized carbons (Fsp3) is 0.0455. The van der Waals surface area contributed by atoms with Crippen molar-refractivity contribution < 1.29 is 9.15 Å².